The Bertz CT molecular complexity index is 470. The highest BCUT2D eigenvalue weighted by molar-refractivity contribution is 5.49. The molecule has 96 valence electrons. The summed E-state index contributed by atoms with van der Waals surface area (Å²) in [5.41, 5.74) is 0. The zero-order valence-electron chi connectivity index (χ0n) is 10.7. The first-order valence-electron chi connectivity index (χ1n) is 6.11. The van der Waals surface area contributed by atoms with Crippen molar-refractivity contribution < 1.29 is 4.74 Å². The summed E-state index contributed by atoms with van der Waals surface area (Å²) >= 11 is 0. The fourth-order valence-corrected chi connectivity index (χ4v) is 1.74. The highest BCUT2D eigenvalue weighted by Crippen LogP contribution is 2.21. The molecule has 0 aliphatic rings. The quantitative estimate of drug-likeness (QED) is 0.848. The van der Waals surface area contributed by atoms with Gasteiger partial charge in [0.15, 0.2) is 11.6 Å². The number of rotatable bonds is 6. The van der Waals surface area contributed by atoms with Gasteiger partial charge in [-0.15, -0.1) is 0 Å². The van der Waals surface area contributed by atoms with E-state index in [9.17, 15) is 0 Å². The summed E-state index contributed by atoms with van der Waals surface area (Å²) in [6.45, 7) is 5.47. The molecule has 0 radical (unpaired) electrons. The lowest BCUT2D eigenvalue weighted by Crippen LogP contribution is -2.23. The molecule has 2 aromatic rings. The van der Waals surface area contributed by atoms with Gasteiger partial charge in [0.1, 0.15) is 0 Å². The van der Waals surface area contributed by atoms with Crippen LogP contribution >= 0.6 is 0 Å². The zero-order chi connectivity index (χ0) is 12.8. The van der Waals surface area contributed by atoms with Crippen LogP contribution in [0.4, 0.5) is 5.82 Å². The van der Waals surface area contributed by atoms with Crippen LogP contribution in [0.3, 0.4) is 0 Å². The lowest BCUT2D eigenvalue weighted by Gasteiger charge is -2.16. The van der Waals surface area contributed by atoms with Gasteiger partial charge in [0.2, 0.25) is 0 Å². The average Bonchev–Trinajstić information content (AvgIpc) is 2.84. The molecule has 0 aliphatic carbocycles. The van der Waals surface area contributed by atoms with Gasteiger partial charge in [-0.2, -0.15) is 5.10 Å². The molecular weight excluding hydrogens is 228 g/mol. The average molecular weight is 246 g/mol. The minimum atomic E-state index is 0.221. The third kappa shape index (κ3) is 3.23. The van der Waals surface area contributed by atoms with E-state index >= 15 is 0 Å². The summed E-state index contributed by atoms with van der Waals surface area (Å²) < 4.78 is 7.42. The molecule has 2 aromatic heterocycles. The van der Waals surface area contributed by atoms with Crippen LogP contribution in [0.5, 0.6) is 5.75 Å². The first kappa shape index (κ1) is 12.4. The largest absolute Gasteiger partial charge is 0.490 e. The highest BCUT2D eigenvalue weighted by Gasteiger charge is 2.08. The molecule has 5 nitrogen and oxygen atoms in total. The second-order valence-electron chi connectivity index (χ2n) is 4.06. The van der Waals surface area contributed by atoms with Gasteiger partial charge in [0, 0.05) is 24.6 Å². The molecule has 1 atom stereocenters. The fourth-order valence-electron chi connectivity index (χ4n) is 1.74. The Hall–Kier alpha value is -2.04. The number of ether oxygens (including phenoxy) is 1. The molecule has 1 N–H and O–H groups in total. The topological polar surface area (TPSA) is 52.0 Å². The van der Waals surface area contributed by atoms with Crippen molar-refractivity contribution >= 4 is 5.82 Å². The van der Waals surface area contributed by atoms with Gasteiger partial charge in [-0.25, -0.2) is 4.98 Å². The summed E-state index contributed by atoms with van der Waals surface area (Å²) in [6.07, 6.45) is 5.48. The van der Waals surface area contributed by atoms with Crippen molar-refractivity contribution in [2.75, 3.05) is 11.9 Å². The minimum Gasteiger partial charge on any atom is -0.490 e. The molecule has 18 heavy (non-hydrogen) atoms. The van der Waals surface area contributed by atoms with Gasteiger partial charge in [0.25, 0.3) is 0 Å². The van der Waals surface area contributed by atoms with E-state index in [1.807, 2.05) is 36.0 Å². The first-order valence-corrected chi connectivity index (χ1v) is 6.11. The van der Waals surface area contributed by atoms with E-state index in [2.05, 4.69) is 22.3 Å². The summed E-state index contributed by atoms with van der Waals surface area (Å²) in [6, 6.07) is 5.92. The summed E-state index contributed by atoms with van der Waals surface area (Å²) in [5, 5.41) is 7.52. The number of nitrogens with one attached hydrogen (secondary N) is 1. The number of aromatic nitrogens is 3. The maximum Gasteiger partial charge on any atom is 0.169 e. The van der Waals surface area contributed by atoms with Crippen molar-refractivity contribution in [2.45, 2.75) is 26.4 Å². The van der Waals surface area contributed by atoms with E-state index in [0.29, 0.717) is 6.61 Å². The molecular formula is C13H18N4O. The predicted molar refractivity (Wildman–Crippen MR) is 70.7 cm³/mol. The normalized spacial score (nSPS) is 12.1. The Morgan fingerprint density at radius 1 is 1.39 bits per heavy atom. The summed E-state index contributed by atoms with van der Waals surface area (Å²) in [7, 11) is 0. The van der Waals surface area contributed by atoms with Crippen LogP contribution in [-0.2, 0) is 6.54 Å². The van der Waals surface area contributed by atoms with Gasteiger partial charge >= 0.3 is 0 Å². The third-order valence-corrected chi connectivity index (χ3v) is 2.47. The van der Waals surface area contributed by atoms with Gasteiger partial charge in [-0.05, 0) is 32.0 Å². The molecule has 0 saturated carbocycles. The zero-order valence-corrected chi connectivity index (χ0v) is 10.7. The molecule has 1 unspecified atom stereocenters. The van der Waals surface area contributed by atoms with Gasteiger partial charge in [0.05, 0.1) is 13.2 Å². The number of hydrogen-bond donors (Lipinski definition) is 1. The van der Waals surface area contributed by atoms with E-state index in [0.717, 1.165) is 18.1 Å². The van der Waals surface area contributed by atoms with Crippen molar-refractivity contribution in [2.24, 2.45) is 0 Å². The number of hydrogen-bond acceptors (Lipinski definition) is 4. The SMILES string of the molecule is CCOc1cccnc1NC(C)Cn1cccn1. The Morgan fingerprint density at radius 2 is 2.28 bits per heavy atom. The highest BCUT2D eigenvalue weighted by atomic mass is 16.5. The van der Waals surface area contributed by atoms with Crippen molar-refractivity contribution in [1.29, 1.82) is 0 Å². The Kier molecular flexibility index (Phi) is 4.17. The van der Waals surface area contributed by atoms with Crippen LogP contribution in [0.2, 0.25) is 0 Å². The Labute approximate surface area is 107 Å². The van der Waals surface area contributed by atoms with E-state index < -0.39 is 0 Å². The first-order chi connectivity index (χ1) is 8.79. The van der Waals surface area contributed by atoms with Crippen molar-refractivity contribution in [3.8, 4) is 5.75 Å². The molecule has 2 rings (SSSR count). The van der Waals surface area contributed by atoms with Gasteiger partial charge in [-0.3, -0.25) is 4.68 Å². The van der Waals surface area contributed by atoms with Crippen LogP contribution in [0.25, 0.3) is 0 Å². The monoisotopic (exact) mass is 246 g/mol. The van der Waals surface area contributed by atoms with Gasteiger partial charge < -0.3 is 10.1 Å². The van der Waals surface area contributed by atoms with E-state index in [-0.39, 0.29) is 6.04 Å². The van der Waals surface area contributed by atoms with Crippen molar-refractivity contribution in [3.05, 3.63) is 36.8 Å². The molecule has 0 fully saturated rings. The number of pyridine rings is 1. The third-order valence-electron chi connectivity index (χ3n) is 2.47. The lowest BCUT2D eigenvalue weighted by molar-refractivity contribution is 0.340. The number of anilines is 1. The number of nitrogens with zero attached hydrogens (tertiary/aromatic N) is 3. The van der Waals surface area contributed by atoms with Crippen LogP contribution < -0.4 is 10.1 Å². The summed E-state index contributed by atoms with van der Waals surface area (Å²) in [4.78, 5) is 4.30. The maximum absolute atomic E-state index is 5.53. The molecule has 2 heterocycles. The second kappa shape index (κ2) is 6.05. The van der Waals surface area contributed by atoms with Crippen molar-refractivity contribution in [1.82, 2.24) is 14.8 Å². The predicted octanol–water partition coefficient (Wildman–Crippen LogP) is 2.18. The van der Waals surface area contributed by atoms with E-state index in [1.54, 1.807) is 12.4 Å². The maximum atomic E-state index is 5.53. The summed E-state index contributed by atoms with van der Waals surface area (Å²) in [5.74, 6) is 1.56. The van der Waals surface area contributed by atoms with Crippen LogP contribution in [-0.4, -0.2) is 27.4 Å². The molecule has 0 spiro atoms. The molecule has 0 bridgehead atoms. The van der Waals surface area contributed by atoms with E-state index in [1.165, 1.54) is 0 Å². The van der Waals surface area contributed by atoms with Crippen LogP contribution in [0.1, 0.15) is 13.8 Å². The molecule has 0 aliphatic heterocycles. The van der Waals surface area contributed by atoms with Crippen LogP contribution in [0, 0.1) is 0 Å². The van der Waals surface area contributed by atoms with Gasteiger partial charge in [-0.1, -0.05) is 0 Å². The molecule has 0 amide bonds. The second-order valence-corrected chi connectivity index (χ2v) is 4.06. The fraction of sp³-hybridized carbons (Fsp3) is 0.385. The van der Waals surface area contributed by atoms with Crippen molar-refractivity contribution in [3.63, 3.8) is 0 Å². The van der Waals surface area contributed by atoms with E-state index in [4.69, 9.17) is 4.74 Å². The molecule has 0 aromatic carbocycles. The van der Waals surface area contributed by atoms with Crippen LogP contribution in [0.15, 0.2) is 36.8 Å². The Balaban J connectivity index is 2.00. The lowest BCUT2D eigenvalue weighted by atomic mass is 10.3. The smallest absolute Gasteiger partial charge is 0.169 e. The molecule has 5 heteroatoms. The molecule has 0 saturated heterocycles. The minimum absolute atomic E-state index is 0.221. The standard InChI is InChI=1S/C13H18N4O/c1-3-18-12-6-4-7-14-13(12)16-11(2)10-17-9-5-8-15-17/h4-9,11H,3,10H2,1-2H3,(H,14,16). The Morgan fingerprint density at radius 3 is 3.00 bits per heavy atom.